The lowest BCUT2D eigenvalue weighted by Gasteiger charge is -2.15. The van der Waals surface area contributed by atoms with Gasteiger partial charge in [-0.3, -0.25) is 24.8 Å². The zero-order chi connectivity index (χ0) is 21.7. The van der Waals surface area contributed by atoms with E-state index >= 15 is 0 Å². The zero-order valence-electron chi connectivity index (χ0n) is 16.7. The first kappa shape index (κ1) is 20.4. The van der Waals surface area contributed by atoms with E-state index in [0.717, 1.165) is 5.01 Å². The van der Waals surface area contributed by atoms with Gasteiger partial charge in [-0.25, -0.2) is 4.98 Å². The molecular weight excluding hydrogens is 426 g/mol. The maximum absolute atomic E-state index is 13.2. The second-order valence-corrected chi connectivity index (χ2v) is 8.35. The van der Waals surface area contributed by atoms with Crippen molar-refractivity contribution in [1.82, 2.24) is 25.0 Å². The first-order chi connectivity index (χ1) is 14.2. The monoisotopic (exact) mass is 443 g/mol. The van der Waals surface area contributed by atoms with Gasteiger partial charge in [0.15, 0.2) is 5.16 Å². The maximum atomic E-state index is 13.2. The third kappa shape index (κ3) is 3.05. The molecule has 8 nitrogen and oxygen atoms in total. The number of benzene rings is 1. The Labute approximate surface area is 181 Å². The van der Waals surface area contributed by atoms with E-state index in [4.69, 9.17) is 11.6 Å². The number of nitrogens with zero attached hydrogens (tertiary/aromatic N) is 4. The molecule has 0 unspecified atom stereocenters. The predicted octanol–water partition coefficient (Wildman–Crippen LogP) is 3.41. The van der Waals surface area contributed by atoms with Crippen molar-refractivity contribution in [3.8, 4) is 0 Å². The summed E-state index contributed by atoms with van der Waals surface area (Å²) in [5, 5.41) is 2.27. The number of thioether (sulfide) groups is 1. The summed E-state index contributed by atoms with van der Waals surface area (Å²) >= 11 is 7.50. The van der Waals surface area contributed by atoms with Crippen LogP contribution in [-0.4, -0.2) is 43.5 Å². The number of hydrogen-bond donors (Lipinski definition) is 1. The average molecular weight is 444 g/mol. The lowest BCUT2D eigenvalue weighted by atomic mass is 9.97. The summed E-state index contributed by atoms with van der Waals surface area (Å²) in [4.78, 5) is 47.9. The number of imide groups is 1. The molecule has 1 aliphatic rings. The van der Waals surface area contributed by atoms with Crippen LogP contribution in [0.25, 0.3) is 10.9 Å². The van der Waals surface area contributed by atoms with Gasteiger partial charge in [0.1, 0.15) is 5.69 Å². The summed E-state index contributed by atoms with van der Waals surface area (Å²) in [5.41, 5.74) is 4.11. The zero-order valence-corrected chi connectivity index (χ0v) is 18.3. The Bertz CT molecular complexity index is 1240. The molecule has 154 valence electrons. The minimum Gasteiger partial charge on any atom is -0.318 e. The van der Waals surface area contributed by atoms with Crippen molar-refractivity contribution >= 4 is 52.0 Å². The standard InChI is InChI=1S/C20H18ClN5O3S/c1-9(2)16-15-14(11-7-10(21)5-6-12(11)23-16)18(28)26(19(15)29)24-17(27)13-8-22-20(30-4)25(13)3/h5-9H,1-4H3,(H,24,27). The molecule has 0 fully saturated rings. The van der Waals surface area contributed by atoms with Crippen molar-refractivity contribution < 1.29 is 14.4 Å². The van der Waals surface area contributed by atoms with E-state index in [9.17, 15) is 14.4 Å². The van der Waals surface area contributed by atoms with Crippen LogP contribution in [0.3, 0.4) is 0 Å². The van der Waals surface area contributed by atoms with Crippen molar-refractivity contribution in [2.75, 3.05) is 6.26 Å². The number of pyridine rings is 1. The minimum atomic E-state index is -0.618. The average Bonchev–Trinajstić information content (AvgIpc) is 3.20. The number of fused-ring (bicyclic) bond motifs is 3. The van der Waals surface area contributed by atoms with Gasteiger partial charge in [0.25, 0.3) is 17.7 Å². The molecule has 1 N–H and O–H groups in total. The molecule has 0 bridgehead atoms. The Balaban J connectivity index is 1.80. The SMILES string of the molecule is CSc1ncc(C(=O)NN2C(=O)c3c(C(C)C)nc4ccc(Cl)cc4c3C2=O)n1C. The van der Waals surface area contributed by atoms with E-state index in [1.54, 1.807) is 29.8 Å². The Morgan fingerprint density at radius 1 is 1.20 bits per heavy atom. The molecule has 3 heterocycles. The smallest absolute Gasteiger partial charge is 0.288 e. The van der Waals surface area contributed by atoms with E-state index in [2.05, 4.69) is 15.4 Å². The largest absolute Gasteiger partial charge is 0.318 e. The van der Waals surface area contributed by atoms with Gasteiger partial charge in [-0.15, -0.1) is 0 Å². The fraction of sp³-hybridized carbons (Fsp3) is 0.250. The van der Waals surface area contributed by atoms with Gasteiger partial charge in [0.2, 0.25) is 0 Å². The fourth-order valence-corrected chi connectivity index (χ4v) is 4.18. The molecule has 1 aromatic carbocycles. The molecule has 2 aromatic heterocycles. The van der Waals surface area contributed by atoms with Crippen LogP contribution in [0.2, 0.25) is 5.02 Å². The Morgan fingerprint density at radius 2 is 1.90 bits per heavy atom. The Hall–Kier alpha value is -2.91. The van der Waals surface area contributed by atoms with Crippen LogP contribution in [-0.2, 0) is 7.05 Å². The molecule has 0 radical (unpaired) electrons. The molecule has 0 atom stereocenters. The number of rotatable bonds is 4. The molecule has 0 aliphatic carbocycles. The van der Waals surface area contributed by atoms with Gasteiger partial charge in [0.05, 0.1) is 28.5 Å². The van der Waals surface area contributed by atoms with Crippen molar-refractivity contribution in [3.05, 3.63) is 51.9 Å². The summed E-state index contributed by atoms with van der Waals surface area (Å²) in [6, 6.07) is 5.00. The van der Waals surface area contributed by atoms with E-state index in [1.807, 2.05) is 20.1 Å². The van der Waals surface area contributed by atoms with Crippen LogP contribution in [0.4, 0.5) is 0 Å². The second kappa shape index (κ2) is 7.41. The molecule has 0 spiro atoms. The summed E-state index contributed by atoms with van der Waals surface area (Å²) < 4.78 is 1.59. The van der Waals surface area contributed by atoms with Crippen LogP contribution in [0.1, 0.15) is 56.7 Å². The quantitative estimate of drug-likeness (QED) is 0.490. The van der Waals surface area contributed by atoms with Gasteiger partial charge >= 0.3 is 0 Å². The van der Waals surface area contributed by atoms with Gasteiger partial charge in [-0.2, -0.15) is 5.01 Å². The molecule has 0 saturated heterocycles. The lowest BCUT2D eigenvalue weighted by Crippen LogP contribution is -2.46. The molecule has 0 saturated carbocycles. The minimum absolute atomic E-state index is 0.104. The van der Waals surface area contributed by atoms with Crippen LogP contribution in [0.5, 0.6) is 0 Å². The Kier molecular flexibility index (Phi) is 5.03. The third-order valence-electron chi connectivity index (χ3n) is 4.93. The van der Waals surface area contributed by atoms with E-state index < -0.39 is 17.7 Å². The van der Waals surface area contributed by atoms with E-state index in [0.29, 0.717) is 26.8 Å². The van der Waals surface area contributed by atoms with Crippen molar-refractivity contribution in [2.45, 2.75) is 24.9 Å². The fourth-order valence-electron chi connectivity index (χ4n) is 3.48. The lowest BCUT2D eigenvalue weighted by molar-refractivity contribution is 0.0515. The molecule has 30 heavy (non-hydrogen) atoms. The van der Waals surface area contributed by atoms with Gasteiger partial charge in [0, 0.05) is 17.5 Å². The number of carbonyl (C=O) groups excluding carboxylic acids is 3. The van der Waals surface area contributed by atoms with E-state index in [-0.39, 0.29) is 22.7 Å². The summed E-state index contributed by atoms with van der Waals surface area (Å²) in [5.74, 6) is -1.95. The number of amides is 3. The number of carbonyl (C=O) groups is 3. The summed E-state index contributed by atoms with van der Waals surface area (Å²) in [6.07, 6.45) is 3.24. The number of hydrogen-bond acceptors (Lipinski definition) is 6. The molecular formula is C20H18ClN5O3S. The molecule has 3 amide bonds. The maximum Gasteiger partial charge on any atom is 0.288 e. The van der Waals surface area contributed by atoms with Crippen LogP contribution < -0.4 is 5.43 Å². The highest BCUT2D eigenvalue weighted by Gasteiger charge is 2.42. The van der Waals surface area contributed by atoms with Crippen molar-refractivity contribution in [3.63, 3.8) is 0 Å². The highest BCUT2D eigenvalue weighted by atomic mass is 35.5. The second-order valence-electron chi connectivity index (χ2n) is 7.14. The van der Waals surface area contributed by atoms with Gasteiger partial charge in [-0.05, 0) is 30.4 Å². The molecule has 3 aromatic rings. The Morgan fingerprint density at radius 3 is 2.53 bits per heavy atom. The first-order valence-electron chi connectivity index (χ1n) is 9.13. The van der Waals surface area contributed by atoms with Crippen LogP contribution in [0, 0.1) is 0 Å². The van der Waals surface area contributed by atoms with Crippen molar-refractivity contribution in [1.29, 1.82) is 0 Å². The van der Waals surface area contributed by atoms with Crippen LogP contribution >= 0.6 is 23.4 Å². The topological polar surface area (TPSA) is 97.2 Å². The number of aromatic nitrogens is 3. The number of imidazole rings is 1. The normalized spacial score (nSPS) is 13.5. The third-order valence-corrected chi connectivity index (χ3v) is 5.91. The highest BCUT2D eigenvalue weighted by molar-refractivity contribution is 7.98. The number of nitrogens with one attached hydrogen (secondary N) is 1. The molecule has 4 rings (SSSR count). The summed E-state index contributed by atoms with van der Waals surface area (Å²) in [6.45, 7) is 3.78. The van der Waals surface area contributed by atoms with Gasteiger partial charge < -0.3 is 4.57 Å². The van der Waals surface area contributed by atoms with Crippen LogP contribution in [0.15, 0.2) is 29.6 Å². The van der Waals surface area contributed by atoms with Crippen molar-refractivity contribution in [2.24, 2.45) is 7.05 Å². The van der Waals surface area contributed by atoms with Gasteiger partial charge in [-0.1, -0.05) is 37.2 Å². The first-order valence-corrected chi connectivity index (χ1v) is 10.7. The highest BCUT2D eigenvalue weighted by Crippen LogP contribution is 2.35. The molecule has 1 aliphatic heterocycles. The molecule has 10 heteroatoms. The summed E-state index contributed by atoms with van der Waals surface area (Å²) in [7, 11) is 1.69. The number of hydrazine groups is 1. The number of halogens is 1. The predicted molar refractivity (Wildman–Crippen MR) is 114 cm³/mol. The van der Waals surface area contributed by atoms with E-state index in [1.165, 1.54) is 18.0 Å².